The predicted octanol–water partition coefficient (Wildman–Crippen LogP) is 3.02. The molecule has 0 unspecified atom stereocenters. The summed E-state index contributed by atoms with van der Waals surface area (Å²) >= 11 is 0. The Bertz CT molecular complexity index is 566. The Kier molecular flexibility index (Phi) is 8.34. The molecule has 168 valence electrons. The van der Waals surface area contributed by atoms with Gasteiger partial charge >= 0.3 is 12.1 Å². The van der Waals surface area contributed by atoms with Crippen molar-refractivity contribution >= 4 is 11.9 Å². The van der Waals surface area contributed by atoms with Gasteiger partial charge in [0.2, 0.25) is 5.91 Å². The number of carboxylic acid groups (broad SMARTS) is 1. The molecule has 0 radical (unpaired) electrons. The van der Waals surface area contributed by atoms with Gasteiger partial charge in [0.25, 0.3) is 0 Å². The lowest BCUT2D eigenvalue weighted by molar-refractivity contribution is -0.192. The van der Waals surface area contributed by atoms with E-state index in [9.17, 15) is 18.0 Å². The predicted molar refractivity (Wildman–Crippen MR) is 101 cm³/mol. The number of alkyl halides is 3. The molecule has 29 heavy (non-hydrogen) atoms. The fraction of sp³-hybridized carbons (Fsp3) is 0.900. The van der Waals surface area contributed by atoms with E-state index in [0.717, 1.165) is 52.2 Å². The van der Waals surface area contributed by atoms with Crippen molar-refractivity contribution in [3.63, 3.8) is 0 Å². The Balaban J connectivity index is 0.000000370. The molecule has 3 rings (SSSR count). The summed E-state index contributed by atoms with van der Waals surface area (Å²) in [5.74, 6) is -1.10. The van der Waals surface area contributed by atoms with Gasteiger partial charge < -0.3 is 19.6 Å². The first-order chi connectivity index (χ1) is 13.6. The van der Waals surface area contributed by atoms with Crippen LogP contribution in [-0.2, 0) is 14.3 Å². The molecule has 0 aromatic carbocycles. The lowest BCUT2D eigenvalue weighted by atomic mass is 9.77. The second kappa shape index (κ2) is 10.1. The molecular formula is C20H33F3N2O4. The first-order valence-electron chi connectivity index (χ1n) is 10.4. The topological polar surface area (TPSA) is 70.1 Å². The molecule has 1 aliphatic carbocycles. The zero-order chi connectivity index (χ0) is 21.7. The Hall–Kier alpha value is -1.35. The summed E-state index contributed by atoms with van der Waals surface area (Å²) in [6.45, 7) is 8.38. The van der Waals surface area contributed by atoms with Crippen molar-refractivity contribution in [1.29, 1.82) is 0 Å². The number of nitrogens with zero attached hydrogens (tertiary/aromatic N) is 2. The van der Waals surface area contributed by atoms with Gasteiger partial charge in [0, 0.05) is 51.0 Å². The van der Waals surface area contributed by atoms with Crippen molar-refractivity contribution in [3.8, 4) is 0 Å². The third-order valence-corrected chi connectivity index (χ3v) is 6.62. The minimum atomic E-state index is -5.08. The molecule has 0 bridgehead atoms. The summed E-state index contributed by atoms with van der Waals surface area (Å²) in [5.41, 5.74) is 0.289. The van der Waals surface area contributed by atoms with Crippen LogP contribution in [-0.4, -0.2) is 79.4 Å². The van der Waals surface area contributed by atoms with Gasteiger partial charge in [-0.1, -0.05) is 19.8 Å². The van der Waals surface area contributed by atoms with E-state index >= 15 is 0 Å². The number of halogens is 3. The van der Waals surface area contributed by atoms with E-state index in [1.165, 1.54) is 25.7 Å². The third kappa shape index (κ3) is 6.31. The van der Waals surface area contributed by atoms with Crippen molar-refractivity contribution in [2.45, 2.75) is 51.6 Å². The second-order valence-electron chi connectivity index (χ2n) is 8.57. The van der Waals surface area contributed by atoms with E-state index < -0.39 is 12.1 Å². The SMILES string of the molecule is CCN1C[C@H](COC)[C@]2(CCN(C(=O)CC3CCCC3)C2)C1.O=C(O)C(F)(F)F. The summed E-state index contributed by atoms with van der Waals surface area (Å²) in [7, 11) is 1.81. The number of likely N-dealkylation sites (tertiary alicyclic amines) is 2. The lowest BCUT2D eigenvalue weighted by Gasteiger charge is -2.30. The fourth-order valence-corrected chi connectivity index (χ4v) is 4.98. The van der Waals surface area contributed by atoms with Gasteiger partial charge in [0.1, 0.15) is 0 Å². The molecule has 1 spiro atoms. The summed E-state index contributed by atoms with van der Waals surface area (Å²) in [4.78, 5) is 26.2. The molecule has 3 fully saturated rings. The van der Waals surface area contributed by atoms with Crippen molar-refractivity contribution in [2.24, 2.45) is 17.3 Å². The largest absolute Gasteiger partial charge is 0.490 e. The standard InChI is InChI=1S/C18H32N2O2.C2HF3O2/c1-3-19-11-16(12-22-2)18(13-19)8-9-20(14-18)17(21)10-15-6-4-5-7-15;3-2(4,5)1(6)7/h15-16H,3-14H2,1-2H3;(H,6,7)/t16-,18-;/m1./s1. The summed E-state index contributed by atoms with van der Waals surface area (Å²) in [6.07, 6.45) is 2.05. The molecule has 2 heterocycles. The molecule has 9 heteroatoms. The van der Waals surface area contributed by atoms with E-state index in [1.54, 1.807) is 7.11 Å². The molecule has 1 saturated carbocycles. The highest BCUT2D eigenvalue weighted by atomic mass is 19.4. The van der Waals surface area contributed by atoms with E-state index in [2.05, 4.69) is 16.7 Å². The number of rotatable bonds is 5. The average Bonchev–Trinajstić information content (AvgIpc) is 3.37. The molecule has 6 nitrogen and oxygen atoms in total. The Morgan fingerprint density at radius 2 is 1.83 bits per heavy atom. The molecule has 2 aliphatic heterocycles. The number of carboxylic acids is 1. The van der Waals surface area contributed by atoms with Crippen molar-refractivity contribution < 1.29 is 32.6 Å². The van der Waals surface area contributed by atoms with Gasteiger partial charge in [-0.05, 0) is 31.7 Å². The zero-order valence-electron chi connectivity index (χ0n) is 17.3. The molecule has 3 aliphatic rings. The highest BCUT2D eigenvalue weighted by Crippen LogP contribution is 2.44. The first kappa shape index (κ1) is 23.9. The van der Waals surface area contributed by atoms with Gasteiger partial charge in [0.15, 0.2) is 0 Å². The number of ether oxygens (including phenoxy) is 1. The highest BCUT2D eigenvalue weighted by Gasteiger charge is 2.50. The number of aliphatic carboxylic acids is 1. The Labute approximate surface area is 170 Å². The number of hydrogen-bond donors (Lipinski definition) is 1. The minimum Gasteiger partial charge on any atom is -0.475 e. The van der Waals surface area contributed by atoms with Crippen molar-refractivity contribution in [1.82, 2.24) is 9.80 Å². The van der Waals surface area contributed by atoms with Gasteiger partial charge in [-0.15, -0.1) is 0 Å². The van der Waals surface area contributed by atoms with E-state index in [-0.39, 0.29) is 5.41 Å². The van der Waals surface area contributed by atoms with Gasteiger partial charge in [-0.2, -0.15) is 13.2 Å². The van der Waals surface area contributed by atoms with Crippen LogP contribution in [0, 0.1) is 17.3 Å². The third-order valence-electron chi connectivity index (χ3n) is 6.62. The van der Waals surface area contributed by atoms with Crippen LogP contribution in [0.4, 0.5) is 13.2 Å². The van der Waals surface area contributed by atoms with Crippen LogP contribution in [0.15, 0.2) is 0 Å². The van der Waals surface area contributed by atoms with Crippen LogP contribution >= 0.6 is 0 Å². The van der Waals surface area contributed by atoms with Crippen LogP contribution in [0.1, 0.15) is 45.4 Å². The maximum Gasteiger partial charge on any atom is 0.490 e. The number of amides is 1. The molecule has 0 aromatic heterocycles. The molecule has 1 amide bonds. The molecule has 1 N–H and O–H groups in total. The first-order valence-corrected chi connectivity index (χ1v) is 10.4. The smallest absolute Gasteiger partial charge is 0.475 e. The maximum atomic E-state index is 12.6. The van der Waals surface area contributed by atoms with Gasteiger partial charge in [0.05, 0.1) is 6.61 Å². The molecular weight excluding hydrogens is 389 g/mol. The fourth-order valence-electron chi connectivity index (χ4n) is 4.98. The monoisotopic (exact) mass is 422 g/mol. The summed E-state index contributed by atoms with van der Waals surface area (Å²) in [5, 5.41) is 7.12. The van der Waals surface area contributed by atoms with Crippen LogP contribution < -0.4 is 0 Å². The minimum absolute atomic E-state index is 0.289. The van der Waals surface area contributed by atoms with Crippen molar-refractivity contribution in [2.75, 3.05) is 46.4 Å². The number of hydrogen-bond acceptors (Lipinski definition) is 4. The maximum absolute atomic E-state index is 12.6. The van der Waals surface area contributed by atoms with Crippen LogP contribution in [0.2, 0.25) is 0 Å². The molecule has 2 saturated heterocycles. The van der Waals surface area contributed by atoms with Crippen LogP contribution in [0.3, 0.4) is 0 Å². The summed E-state index contributed by atoms with van der Waals surface area (Å²) in [6, 6.07) is 0. The lowest BCUT2D eigenvalue weighted by Crippen LogP contribution is -2.38. The van der Waals surface area contributed by atoms with Crippen LogP contribution in [0.5, 0.6) is 0 Å². The second-order valence-corrected chi connectivity index (χ2v) is 8.57. The Morgan fingerprint density at radius 1 is 1.21 bits per heavy atom. The van der Waals surface area contributed by atoms with Gasteiger partial charge in [-0.3, -0.25) is 4.79 Å². The summed E-state index contributed by atoms with van der Waals surface area (Å²) < 4.78 is 37.2. The van der Waals surface area contributed by atoms with Crippen molar-refractivity contribution in [3.05, 3.63) is 0 Å². The van der Waals surface area contributed by atoms with E-state index in [0.29, 0.717) is 17.7 Å². The van der Waals surface area contributed by atoms with E-state index in [4.69, 9.17) is 14.6 Å². The Morgan fingerprint density at radius 3 is 2.34 bits per heavy atom. The molecule has 0 aromatic rings. The molecule has 2 atom stereocenters. The van der Waals surface area contributed by atoms with Gasteiger partial charge in [-0.25, -0.2) is 4.79 Å². The number of carbonyl (C=O) groups excluding carboxylic acids is 1. The highest BCUT2D eigenvalue weighted by molar-refractivity contribution is 5.77. The van der Waals surface area contributed by atoms with E-state index in [1.807, 2.05) is 0 Å². The number of carbonyl (C=O) groups is 2. The zero-order valence-corrected chi connectivity index (χ0v) is 17.3. The quantitative estimate of drug-likeness (QED) is 0.738. The normalized spacial score (nSPS) is 28.0. The number of methoxy groups -OCH3 is 1. The van der Waals surface area contributed by atoms with Crippen LogP contribution in [0.25, 0.3) is 0 Å². The average molecular weight is 422 g/mol.